The first-order valence-corrected chi connectivity index (χ1v) is 7.63. The molecule has 2 fully saturated rings. The predicted molar refractivity (Wildman–Crippen MR) is 79.8 cm³/mol. The average Bonchev–Trinajstić information content (AvgIpc) is 3.15. The lowest BCUT2D eigenvalue weighted by Gasteiger charge is -2.22. The number of benzene rings is 1. The van der Waals surface area contributed by atoms with Gasteiger partial charge in [-0.2, -0.15) is 0 Å². The van der Waals surface area contributed by atoms with Gasteiger partial charge in [-0.1, -0.05) is 13.0 Å². The zero-order valence-corrected chi connectivity index (χ0v) is 12.4. The van der Waals surface area contributed by atoms with Crippen LogP contribution in [0, 0.1) is 18.3 Å². The van der Waals surface area contributed by atoms with Crippen molar-refractivity contribution in [2.75, 3.05) is 18.5 Å². The van der Waals surface area contributed by atoms with Gasteiger partial charge in [-0.05, 0) is 61.3 Å². The van der Waals surface area contributed by atoms with E-state index in [0.717, 1.165) is 44.6 Å². The van der Waals surface area contributed by atoms with Crippen LogP contribution in [0.3, 0.4) is 0 Å². The number of carbonyl (C=O) groups excluding carboxylic acids is 1. The summed E-state index contributed by atoms with van der Waals surface area (Å²) < 4.78 is 5.40. The average molecular weight is 273 g/mol. The number of rotatable bonds is 3. The van der Waals surface area contributed by atoms with Gasteiger partial charge in [-0.3, -0.25) is 4.79 Å². The monoisotopic (exact) mass is 273 g/mol. The third-order valence-electron chi connectivity index (χ3n) is 4.99. The van der Waals surface area contributed by atoms with Crippen molar-refractivity contribution in [2.45, 2.75) is 39.5 Å². The van der Waals surface area contributed by atoms with Gasteiger partial charge >= 0.3 is 0 Å². The first kappa shape index (κ1) is 13.6. The zero-order chi connectivity index (χ0) is 14.2. The fraction of sp³-hybridized carbons (Fsp3) is 0.588. The molecule has 1 unspecified atom stereocenters. The zero-order valence-electron chi connectivity index (χ0n) is 12.4. The molecule has 1 atom stereocenters. The number of ether oxygens (including phenoxy) is 1. The van der Waals surface area contributed by atoms with Crippen molar-refractivity contribution in [1.82, 2.24) is 0 Å². The van der Waals surface area contributed by atoms with E-state index < -0.39 is 0 Å². The summed E-state index contributed by atoms with van der Waals surface area (Å²) in [7, 11) is 0. The minimum atomic E-state index is 0.192. The molecule has 1 saturated carbocycles. The molecule has 0 radical (unpaired) electrons. The van der Waals surface area contributed by atoms with Crippen LogP contribution in [0.15, 0.2) is 18.2 Å². The van der Waals surface area contributed by atoms with Crippen LogP contribution < -0.4 is 5.32 Å². The minimum Gasteiger partial charge on any atom is -0.381 e. The molecule has 1 N–H and O–H groups in total. The lowest BCUT2D eigenvalue weighted by Crippen LogP contribution is -2.24. The predicted octanol–water partition coefficient (Wildman–Crippen LogP) is 3.31. The van der Waals surface area contributed by atoms with Gasteiger partial charge in [0, 0.05) is 24.8 Å². The SMILES string of the molecule is CCc1cc(NC(=O)C2CC23CCOCC3)ccc1C. The van der Waals surface area contributed by atoms with Gasteiger partial charge in [0.1, 0.15) is 0 Å². The molecular formula is C17H23NO2. The highest BCUT2D eigenvalue weighted by Gasteiger charge is 2.57. The first-order chi connectivity index (χ1) is 9.64. The molecule has 3 rings (SSSR count). The van der Waals surface area contributed by atoms with Gasteiger partial charge in [0.25, 0.3) is 0 Å². The van der Waals surface area contributed by atoms with E-state index in [1.807, 2.05) is 6.07 Å². The number of carbonyl (C=O) groups is 1. The molecule has 1 amide bonds. The van der Waals surface area contributed by atoms with Gasteiger partial charge < -0.3 is 10.1 Å². The van der Waals surface area contributed by atoms with Gasteiger partial charge in [0.15, 0.2) is 0 Å². The third kappa shape index (κ3) is 2.47. The summed E-state index contributed by atoms with van der Waals surface area (Å²) >= 11 is 0. The van der Waals surface area contributed by atoms with E-state index in [0.29, 0.717) is 0 Å². The summed E-state index contributed by atoms with van der Waals surface area (Å²) in [4.78, 5) is 12.4. The standard InChI is InChI=1S/C17H23NO2/c1-3-13-10-14(5-4-12(13)2)18-16(19)15-11-17(15)6-8-20-9-7-17/h4-5,10,15H,3,6-9,11H2,1-2H3,(H,18,19). The van der Waals surface area contributed by atoms with Crippen molar-refractivity contribution in [3.63, 3.8) is 0 Å². The Morgan fingerprint density at radius 1 is 1.40 bits per heavy atom. The lowest BCUT2D eigenvalue weighted by atomic mass is 9.93. The summed E-state index contributed by atoms with van der Waals surface area (Å²) in [6, 6.07) is 6.20. The Labute approximate surface area is 120 Å². The lowest BCUT2D eigenvalue weighted by molar-refractivity contribution is -0.118. The molecule has 1 saturated heterocycles. The number of hydrogen-bond acceptors (Lipinski definition) is 2. The Morgan fingerprint density at radius 3 is 2.85 bits per heavy atom. The topological polar surface area (TPSA) is 38.3 Å². The summed E-state index contributed by atoms with van der Waals surface area (Å²) in [5, 5.41) is 3.10. The van der Waals surface area contributed by atoms with Crippen molar-refractivity contribution >= 4 is 11.6 Å². The fourth-order valence-electron chi connectivity index (χ4n) is 3.41. The van der Waals surface area contributed by atoms with Gasteiger partial charge in [0.2, 0.25) is 5.91 Å². The molecule has 1 spiro atoms. The maximum absolute atomic E-state index is 12.4. The second-order valence-electron chi connectivity index (χ2n) is 6.22. The number of anilines is 1. The molecular weight excluding hydrogens is 250 g/mol. The van der Waals surface area contributed by atoms with Crippen LogP contribution in [0.4, 0.5) is 5.69 Å². The smallest absolute Gasteiger partial charge is 0.228 e. The number of amides is 1. The number of aryl methyl sites for hydroxylation is 2. The molecule has 0 bridgehead atoms. The van der Waals surface area contributed by atoms with Crippen LogP contribution >= 0.6 is 0 Å². The molecule has 108 valence electrons. The van der Waals surface area contributed by atoms with E-state index in [4.69, 9.17) is 4.74 Å². The maximum Gasteiger partial charge on any atom is 0.228 e. The Balaban J connectivity index is 1.65. The van der Waals surface area contributed by atoms with Crippen LogP contribution in [0.5, 0.6) is 0 Å². The van der Waals surface area contributed by atoms with E-state index in [-0.39, 0.29) is 17.2 Å². The van der Waals surface area contributed by atoms with Gasteiger partial charge in [-0.15, -0.1) is 0 Å². The highest BCUT2D eigenvalue weighted by Crippen LogP contribution is 2.59. The van der Waals surface area contributed by atoms with Crippen LogP contribution in [0.1, 0.15) is 37.3 Å². The Hall–Kier alpha value is -1.35. The van der Waals surface area contributed by atoms with E-state index in [2.05, 4.69) is 31.3 Å². The summed E-state index contributed by atoms with van der Waals surface area (Å²) in [6.07, 6.45) is 4.12. The van der Waals surface area contributed by atoms with Gasteiger partial charge in [-0.25, -0.2) is 0 Å². The molecule has 1 aliphatic heterocycles. The molecule has 1 aromatic rings. The second-order valence-corrected chi connectivity index (χ2v) is 6.22. The molecule has 3 nitrogen and oxygen atoms in total. The van der Waals surface area contributed by atoms with E-state index in [1.165, 1.54) is 11.1 Å². The van der Waals surface area contributed by atoms with Crippen molar-refractivity contribution in [3.05, 3.63) is 29.3 Å². The summed E-state index contributed by atoms with van der Waals surface area (Å²) in [6.45, 7) is 5.89. The summed E-state index contributed by atoms with van der Waals surface area (Å²) in [5.41, 5.74) is 3.78. The van der Waals surface area contributed by atoms with E-state index >= 15 is 0 Å². The molecule has 3 heteroatoms. The quantitative estimate of drug-likeness (QED) is 0.917. The number of nitrogens with one attached hydrogen (secondary N) is 1. The largest absolute Gasteiger partial charge is 0.381 e. The van der Waals surface area contributed by atoms with E-state index in [9.17, 15) is 4.79 Å². The van der Waals surface area contributed by atoms with Crippen LogP contribution in [-0.4, -0.2) is 19.1 Å². The fourth-order valence-corrected chi connectivity index (χ4v) is 3.41. The second kappa shape index (κ2) is 5.21. The normalized spacial score (nSPS) is 23.6. The van der Waals surface area contributed by atoms with Crippen molar-refractivity contribution in [1.29, 1.82) is 0 Å². The summed E-state index contributed by atoms with van der Waals surface area (Å²) in [5.74, 6) is 0.385. The molecule has 2 aliphatic rings. The molecule has 1 aromatic carbocycles. The van der Waals surface area contributed by atoms with Crippen LogP contribution in [0.2, 0.25) is 0 Å². The van der Waals surface area contributed by atoms with E-state index in [1.54, 1.807) is 0 Å². The van der Waals surface area contributed by atoms with Crippen molar-refractivity contribution in [2.24, 2.45) is 11.3 Å². The van der Waals surface area contributed by atoms with Gasteiger partial charge in [0.05, 0.1) is 0 Å². The van der Waals surface area contributed by atoms with Crippen LogP contribution in [0.25, 0.3) is 0 Å². The van der Waals surface area contributed by atoms with Crippen molar-refractivity contribution < 1.29 is 9.53 Å². The Bertz CT molecular complexity index is 518. The highest BCUT2D eigenvalue weighted by atomic mass is 16.5. The molecule has 1 aliphatic carbocycles. The number of hydrogen-bond donors (Lipinski definition) is 1. The molecule has 1 heterocycles. The molecule has 20 heavy (non-hydrogen) atoms. The Kier molecular flexibility index (Phi) is 3.55. The Morgan fingerprint density at radius 2 is 2.15 bits per heavy atom. The van der Waals surface area contributed by atoms with Crippen LogP contribution in [-0.2, 0) is 16.0 Å². The van der Waals surface area contributed by atoms with Crippen molar-refractivity contribution in [3.8, 4) is 0 Å². The highest BCUT2D eigenvalue weighted by molar-refractivity contribution is 5.95. The third-order valence-corrected chi connectivity index (χ3v) is 4.99. The molecule has 0 aromatic heterocycles. The first-order valence-electron chi connectivity index (χ1n) is 7.63. The minimum absolute atomic E-state index is 0.192. The maximum atomic E-state index is 12.4.